The summed E-state index contributed by atoms with van der Waals surface area (Å²) in [6.45, 7) is 1.23. The van der Waals surface area contributed by atoms with Crippen molar-refractivity contribution in [1.82, 2.24) is 20.4 Å². The van der Waals surface area contributed by atoms with Gasteiger partial charge in [-0.1, -0.05) is 53.3 Å². The summed E-state index contributed by atoms with van der Waals surface area (Å²) in [5, 5.41) is 14.3. The summed E-state index contributed by atoms with van der Waals surface area (Å²) in [5.41, 5.74) is 1.58. The van der Waals surface area contributed by atoms with Crippen LogP contribution in [0.3, 0.4) is 0 Å². The van der Waals surface area contributed by atoms with E-state index in [-0.39, 0.29) is 27.7 Å². The zero-order valence-electron chi connectivity index (χ0n) is 17.7. The van der Waals surface area contributed by atoms with Gasteiger partial charge >= 0.3 is 0 Å². The van der Waals surface area contributed by atoms with Crippen molar-refractivity contribution < 1.29 is 14.4 Å². The van der Waals surface area contributed by atoms with Gasteiger partial charge in [0.1, 0.15) is 0 Å². The number of nitrogens with zero attached hydrogens (tertiary/aromatic N) is 3. The quantitative estimate of drug-likeness (QED) is 0.557. The third-order valence-electron chi connectivity index (χ3n) is 5.29. The Morgan fingerprint density at radius 3 is 2.52 bits per heavy atom. The number of benzene rings is 2. The summed E-state index contributed by atoms with van der Waals surface area (Å²) in [6.07, 6.45) is 1.42. The number of likely N-dealkylation sites (tertiary alicyclic amines) is 1. The second-order valence-electron chi connectivity index (χ2n) is 7.67. The molecule has 0 unspecified atom stereocenters. The molecule has 3 amide bonds. The Balaban J connectivity index is 1.33. The van der Waals surface area contributed by atoms with Crippen LogP contribution in [0.2, 0.25) is 5.02 Å². The van der Waals surface area contributed by atoms with E-state index < -0.39 is 5.91 Å². The van der Waals surface area contributed by atoms with Gasteiger partial charge in [-0.3, -0.25) is 14.4 Å². The van der Waals surface area contributed by atoms with Gasteiger partial charge in [-0.15, -0.1) is 10.2 Å². The van der Waals surface area contributed by atoms with Gasteiger partial charge in [0.25, 0.3) is 11.8 Å². The van der Waals surface area contributed by atoms with E-state index in [9.17, 15) is 14.4 Å². The highest BCUT2D eigenvalue weighted by Gasteiger charge is 2.30. The monoisotopic (exact) mass is 483 g/mol. The highest BCUT2D eigenvalue weighted by atomic mass is 35.5. The fraction of sp³-hybridized carbons (Fsp3) is 0.261. The van der Waals surface area contributed by atoms with E-state index in [1.165, 1.54) is 0 Å². The number of halogens is 1. The van der Waals surface area contributed by atoms with Crippen molar-refractivity contribution in [3.8, 4) is 0 Å². The van der Waals surface area contributed by atoms with Crippen molar-refractivity contribution in [3.63, 3.8) is 0 Å². The van der Waals surface area contributed by atoms with Gasteiger partial charge in [0.15, 0.2) is 0 Å². The SMILES string of the molecule is O=C(Nc1ccccc1)c1nnc(C(=O)N2CCC[C@@H](C(=O)NCc3ccc(Cl)cc3)C2)s1. The van der Waals surface area contributed by atoms with Crippen LogP contribution in [0, 0.1) is 5.92 Å². The van der Waals surface area contributed by atoms with E-state index in [1.807, 2.05) is 30.3 Å². The molecule has 1 aliphatic rings. The number of carbonyl (C=O) groups excluding carboxylic acids is 3. The molecule has 1 aliphatic heterocycles. The molecule has 1 saturated heterocycles. The Bertz CT molecular complexity index is 1140. The minimum atomic E-state index is -0.421. The van der Waals surface area contributed by atoms with Crippen molar-refractivity contribution >= 4 is 46.3 Å². The Morgan fingerprint density at radius 2 is 1.76 bits per heavy atom. The minimum absolute atomic E-state index is 0.0948. The number of rotatable bonds is 6. The number of hydrogen-bond donors (Lipinski definition) is 2. The average molecular weight is 484 g/mol. The first kappa shape index (κ1) is 22.9. The summed E-state index contributed by atoms with van der Waals surface area (Å²) < 4.78 is 0. The molecular formula is C23H22ClN5O3S. The van der Waals surface area contributed by atoms with Gasteiger partial charge in [-0.05, 0) is 42.7 Å². The maximum atomic E-state index is 12.9. The van der Waals surface area contributed by atoms with Crippen LogP contribution >= 0.6 is 22.9 Å². The van der Waals surface area contributed by atoms with Crippen LogP contribution in [-0.4, -0.2) is 45.9 Å². The highest BCUT2D eigenvalue weighted by molar-refractivity contribution is 7.15. The second-order valence-corrected chi connectivity index (χ2v) is 9.08. The van der Waals surface area contributed by atoms with Crippen LogP contribution in [0.1, 0.15) is 38.0 Å². The van der Waals surface area contributed by atoms with E-state index in [0.29, 0.717) is 43.2 Å². The van der Waals surface area contributed by atoms with Crippen LogP contribution in [0.4, 0.5) is 5.69 Å². The Morgan fingerprint density at radius 1 is 1.03 bits per heavy atom. The molecule has 2 N–H and O–H groups in total. The molecule has 1 fully saturated rings. The molecular weight excluding hydrogens is 462 g/mol. The van der Waals surface area contributed by atoms with Crippen molar-refractivity contribution in [2.75, 3.05) is 18.4 Å². The molecule has 0 bridgehead atoms. The fourth-order valence-corrected chi connectivity index (χ4v) is 4.39. The Labute approximate surface area is 200 Å². The van der Waals surface area contributed by atoms with Crippen LogP contribution < -0.4 is 10.6 Å². The number of amides is 3. The summed E-state index contributed by atoms with van der Waals surface area (Å²) in [5.74, 6) is -1.14. The smallest absolute Gasteiger partial charge is 0.286 e. The van der Waals surface area contributed by atoms with Gasteiger partial charge < -0.3 is 15.5 Å². The molecule has 2 aromatic carbocycles. The predicted octanol–water partition coefficient (Wildman–Crippen LogP) is 3.61. The fourth-order valence-electron chi connectivity index (χ4n) is 3.55. The van der Waals surface area contributed by atoms with Gasteiger partial charge in [0.2, 0.25) is 15.9 Å². The molecule has 0 saturated carbocycles. The number of hydrogen-bond acceptors (Lipinski definition) is 6. The maximum absolute atomic E-state index is 12.9. The number of carbonyl (C=O) groups is 3. The van der Waals surface area contributed by atoms with E-state index in [1.54, 1.807) is 29.2 Å². The van der Waals surface area contributed by atoms with Gasteiger partial charge in [0, 0.05) is 30.3 Å². The molecule has 1 aromatic heterocycles. The zero-order chi connectivity index (χ0) is 23.2. The average Bonchev–Trinajstić information content (AvgIpc) is 3.34. The molecule has 2 heterocycles. The largest absolute Gasteiger partial charge is 0.352 e. The van der Waals surface area contributed by atoms with Crippen LogP contribution in [-0.2, 0) is 11.3 Å². The second kappa shape index (κ2) is 10.5. The molecule has 10 heteroatoms. The lowest BCUT2D eigenvalue weighted by atomic mass is 9.97. The third-order valence-corrected chi connectivity index (χ3v) is 6.46. The summed E-state index contributed by atoms with van der Waals surface area (Å²) in [4.78, 5) is 39.6. The van der Waals surface area contributed by atoms with Gasteiger partial charge in [0.05, 0.1) is 5.92 Å². The lowest BCUT2D eigenvalue weighted by molar-refractivity contribution is -0.126. The molecule has 0 aliphatic carbocycles. The third kappa shape index (κ3) is 5.94. The van der Waals surface area contributed by atoms with Gasteiger partial charge in [-0.25, -0.2) is 0 Å². The Kier molecular flexibility index (Phi) is 7.31. The van der Waals surface area contributed by atoms with Gasteiger partial charge in [-0.2, -0.15) is 0 Å². The lowest BCUT2D eigenvalue weighted by Gasteiger charge is -2.31. The molecule has 0 spiro atoms. The number of piperidine rings is 1. The maximum Gasteiger partial charge on any atom is 0.286 e. The Hall–Kier alpha value is -3.30. The summed E-state index contributed by atoms with van der Waals surface area (Å²) >= 11 is 6.84. The molecule has 3 aromatic rings. The highest BCUT2D eigenvalue weighted by Crippen LogP contribution is 2.21. The molecule has 4 rings (SSSR count). The minimum Gasteiger partial charge on any atom is -0.352 e. The van der Waals surface area contributed by atoms with E-state index >= 15 is 0 Å². The number of aromatic nitrogens is 2. The standard InChI is InChI=1S/C23H22ClN5O3S/c24-17-10-8-15(9-11-17)13-25-19(30)16-5-4-12-29(14-16)23(32)22-28-27-21(33-22)20(31)26-18-6-2-1-3-7-18/h1-3,6-11,16H,4-5,12-14H2,(H,25,30)(H,26,31)/t16-/m1/s1. The number of para-hydroxylation sites is 1. The van der Waals surface area contributed by atoms with Crippen molar-refractivity contribution in [2.24, 2.45) is 5.92 Å². The molecule has 8 nitrogen and oxygen atoms in total. The summed E-state index contributed by atoms with van der Waals surface area (Å²) in [7, 11) is 0. The lowest BCUT2D eigenvalue weighted by Crippen LogP contribution is -2.45. The number of nitrogens with one attached hydrogen (secondary N) is 2. The molecule has 170 valence electrons. The summed E-state index contributed by atoms with van der Waals surface area (Å²) in [6, 6.07) is 16.3. The first-order chi connectivity index (χ1) is 16.0. The first-order valence-corrected chi connectivity index (χ1v) is 11.7. The van der Waals surface area contributed by atoms with Crippen LogP contribution in [0.5, 0.6) is 0 Å². The molecule has 1 atom stereocenters. The number of anilines is 1. The van der Waals surface area contributed by atoms with E-state index in [0.717, 1.165) is 16.9 Å². The first-order valence-electron chi connectivity index (χ1n) is 10.5. The van der Waals surface area contributed by atoms with E-state index in [4.69, 9.17) is 11.6 Å². The normalized spacial score (nSPS) is 15.7. The molecule has 0 radical (unpaired) electrons. The van der Waals surface area contributed by atoms with Crippen molar-refractivity contribution in [2.45, 2.75) is 19.4 Å². The van der Waals surface area contributed by atoms with Crippen molar-refractivity contribution in [1.29, 1.82) is 0 Å². The zero-order valence-corrected chi connectivity index (χ0v) is 19.2. The predicted molar refractivity (Wildman–Crippen MR) is 126 cm³/mol. The van der Waals surface area contributed by atoms with E-state index in [2.05, 4.69) is 20.8 Å². The van der Waals surface area contributed by atoms with Crippen LogP contribution in [0.25, 0.3) is 0 Å². The van der Waals surface area contributed by atoms with Crippen molar-refractivity contribution in [3.05, 3.63) is 75.2 Å². The topological polar surface area (TPSA) is 104 Å². The van der Waals surface area contributed by atoms with Crippen LogP contribution in [0.15, 0.2) is 54.6 Å². The molecule has 33 heavy (non-hydrogen) atoms.